The van der Waals surface area contributed by atoms with Crippen molar-refractivity contribution in [1.29, 1.82) is 0 Å². The summed E-state index contributed by atoms with van der Waals surface area (Å²) in [7, 11) is -3.78. The van der Waals surface area contributed by atoms with Gasteiger partial charge in [0.2, 0.25) is 0 Å². The molecule has 25 heavy (non-hydrogen) atoms. The van der Waals surface area contributed by atoms with Crippen LogP contribution in [-0.2, 0) is 10.0 Å². The Balaban J connectivity index is 2.36. The summed E-state index contributed by atoms with van der Waals surface area (Å²) in [5.41, 5.74) is 3.45. The summed E-state index contributed by atoms with van der Waals surface area (Å²) in [6.45, 7) is 8.04. The van der Waals surface area contributed by atoms with Crippen molar-refractivity contribution in [3.8, 4) is 0 Å². The van der Waals surface area contributed by atoms with Gasteiger partial charge in [-0.2, -0.15) is 0 Å². The molecule has 134 valence electrons. The van der Waals surface area contributed by atoms with Gasteiger partial charge in [-0.25, -0.2) is 8.42 Å². The summed E-state index contributed by atoms with van der Waals surface area (Å²) in [5.74, 6) is -0.261. The summed E-state index contributed by atoms with van der Waals surface area (Å²) in [4.78, 5) is 12.3. The fourth-order valence-electron chi connectivity index (χ4n) is 2.40. The molecule has 0 bridgehead atoms. The molecule has 5 nitrogen and oxygen atoms in total. The van der Waals surface area contributed by atoms with Crippen molar-refractivity contribution in [2.24, 2.45) is 0 Å². The maximum absolute atomic E-state index is 12.7. The van der Waals surface area contributed by atoms with Crippen LogP contribution < -0.4 is 10.0 Å². The highest BCUT2D eigenvalue weighted by Crippen LogP contribution is 2.22. The lowest BCUT2D eigenvalue weighted by Crippen LogP contribution is -2.25. The number of hydrogen-bond acceptors (Lipinski definition) is 3. The van der Waals surface area contributed by atoms with Gasteiger partial charge >= 0.3 is 0 Å². The number of anilines is 1. The SMILES string of the molecule is CCCNC(=O)c1cc(S(=O)(=O)Nc2cc(C)ccc2C)ccc1C. The standard InChI is InChI=1S/C19H24N2O3S/c1-5-10-20-19(22)17-12-16(9-8-14(17)3)25(23,24)21-18-11-13(2)6-7-15(18)4/h6-9,11-12,21H,5,10H2,1-4H3,(H,20,22). The third-order valence-electron chi connectivity index (χ3n) is 3.94. The smallest absolute Gasteiger partial charge is 0.261 e. The molecule has 0 saturated heterocycles. The first-order valence-corrected chi connectivity index (χ1v) is 9.72. The maximum Gasteiger partial charge on any atom is 0.261 e. The zero-order chi connectivity index (χ0) is 18.6. The summed E-state index contributed by atoms with van der Waals surface area (Å²) < 4.78 is 28.1. The van der Waals surface area contributed by atoms with Gasteiger partial charge in [0.15, 0.2) is 0 Å². The molecule has 2 N–H and O–H groups in total. The number of aryl methyl sites for hydroxylation is 3. The van der Waals surface area contributed by atoms with Gasteiger partial charge in [0.25, 0.3) is 15.9 Å². The van der Waals surface area contributed by atoms with Crippen LogP contribution in [0.4, 0.5) is 5.69 Å². The molecule has 0 aromatic heterocycles. The van der Waals surface area contributed by atoms with Crippen LogP contribution in [0, 0.1) is 20.8 Å². The third-order valence-corrected chi connectivity index (χ3v) is 5.30. The van der Waals surface area contributed by atoms with Crippen molar-refractivity contribution in [2.75, 3.05) is 11.3 Å². The number of nitrogens with one attached hydrogen (secondary N) is 2. The Bertz CT molecular complexity index is 890. The number of carbonyl (C=O) groups is 1. The minimum atomic E-state index is -3.78. The Morgan fingerprint density at radius 3 is 2.36 bits per heavy atom. The van der Waals surface area contributed by atoms with E-state index in [4.69, 9.17) is 0 Å². The fraction of sp³-hybridized carbons (Fsp3) is 0.316. The highest BCUT2D eigenvalue weighted by molar-refractivity contribution is 7.92. The van der Waals surface area contributed by atoms with Crippen LogP contribution in [0.15, 0.2) is 41.3 Å². The molecule has 1 amide bonds. The zero-order valence-corrected chi connectivity index (χ0v) is 15.8. The molecule has 0 aliphatic heterocycles. The number of benzene rings is 2. The predicted octanol–water partition coefficient (Wildman–Crippen LogP) is 3.55. The van der Waals surface area contributed by atoms with Crippen LogP contribution in [0.1, 0.15) is 40.4 Å². The van der Waals surface area contributed by atoms with E-state index in [1.807, 2.05) is 32.9 Å². The average molecular weight is 360 g/mol. The Hall–Kier alpha value is -2.34. The predicted molar refractivity (Wildman–Crippen MR) is 101 cm³/mol. The summed E-state index contributed by atoms with van der Waals surface area (Å²) in [6.07, 6.45) is 0.816. The van der Waals surface area contributed by atoms with E-state index < -0.39 is 10.0 Å². The Kier molecular flexibility index (Phi) is 5.85. The number of rotatable bonds is 6. The van der Waals surface area contributed by atoms with Crippen molar-refractivity contribution >= 4 is 21.6 Å². The lowest BCUT2D eigenvalue weighted by atomic mass is 10.1. The normalized spacial score (nSPS) is 11.2. The van der Waals surface area contributed by atoms with Crippen molar-refractivity contribution in [3.63, 3.8) is 0 Å². The van der Waals surface area contributed by atoms with Crippen LogP contribution in [0.25, 0.3) is 0 Å². The van der Waals surface area contributed by atoms with E-state index in [0.717, 1.165) is 23.1 Å². The number of carbonyl (C=O) groups excluding carboxylic acids is 1. The van der Waals surface area contributed by atoms with Crippen LogP contribution in [0.3, 0.4) is 0 Å². The minimum absolute atomic E-state index is 0.0701. The average Bonchev–Trinajstić information content (AvgIpc) is 2.56. The van der Waals surface area contributed by atoms with Gasteiger partial charge in [0, 0.05) is 12.1 Å². The second kappa shape index (κ2) is 7.70. The topological polar surface area (TPSA) is 75.3 Å². The van der Waals surface area contributed by atoms with Gasteiger partial charge < -0.3 is 5.32 Å². The van der Waals surface area contributed by atoms with Crippen molar-refractivity contribution in [2.45, 2.75) is 39.0 Å². The van der Waals surface area contributed by atoms with E-state index in [1.54, 1.807) is 19.1 Å². The molecule has 2 aromatic rings. The zero-order valence-electron chi connectivity index (χ0n) is 15.0. The van der Waals surface area contributed by atoms with Gasteiger partial charge in [-0.1, -0.05) is 25.1 Å². The monoisotopic (exact) mass is 360 g/mol. The van der Waals surface area contributed by atoms with Gasteiger partial charge in [-0.15, -0.1) is 0 Å². The van der Waals surface area contributed by atoms with Gasteiger partial charge in [0.05, 0.1) is 10.6 Å². The molecule has 0 heterocycles. The van der Waals surface area contributed by atoms with E-state index in [9.17, 15) is 13.2 Å². The lowest BCUT2D eigenvalue weighted by molar-refractivity contribution is 0.0953. The molecule has 6 heteroatoms. The van der Waals surface area contributed by atoms with Crippen LogP contribution in [-0.4, -0.2) is 20.9 Å². The number of sulfonamides is 1. The van der Waals surface area contributed by atoms with Crippen molar-refractivity contribution in [3.05, 3.63) is 58.7 Å². The number of hydrogen-bond donors (Lipinski definition) is 2. The van der Waals surface area contributed by atoms with Crippen molar-refractivity contribution < 1.29 is 13.2 Å². The third kappa shape index (κ3) is 4.60. The molecule has 2 rings (SSSR count). The fourth-order valence-corrected chi connectivity index (χ4v) is 3.54. The Morgan fingerprint density at radius 2 is 1.68 bits per heavy atom. The first kappa shape index (κ1) is 19.0. The van der Waals surface area contributed by atoms with Crippen LogP contribution in [0.2, 0.25) is 0 Å². The molecule has 0 radical (unpaired) electrons. The highest BCUT2D eigenvalue weighted by atomic mass is 32.2. The van der Waals surface area contributed by atoms with Crippen molar-refractivity contribution in [1.82, 2.24) is 5.32 Å². The van der Waals surface area contributed by atoms with Gasteiger partial charge in [-0.3, -0.25) is 9.52 Å². The van der Waals surface area contributed by atoms with Gasteiger partial charge in [-0.05, 0) is 62.1 Å². The molecule has 2 aromatic carbocycles. The lowest BCUT2D eigenvalue weighted by Gasteiger charge is -2.13. The second-order valence-electron chi connectivity index (χ2n) is 6.16. The van der Waals surface area contributed by atoms with E-state index >= 15 is 0 Å². The molecule has 0 saturated carbocycles. The summed E-state index contributed by atoms with van der Waals surface area (Å²) in [5, 5.41) is 2.78. The van der Waals surface area contributed by atoms with E-state index in [-0.39, 0.29) is 10.8 Å². The Morgan fingerprint density at radius 1 is 1.00 bits per heavy atom. The summed E-state index contributed by atoms with van der Waals surface area (Å²) >= 11 is 0. The molecule has 0 unspecified atom stereocenters. The van der Waals surface area contributed by atoms with Gasteiger partial charge in [0.1, 0.15) is 0 Å². The number of amides is 1. The molecule has 0 aliphatic carbocycles. The molecule has 0 spiro atoms. The quantitative estimate of drug-likeness (QED) is 0.827. The minimum Gasteiger partial charge on any atom is -0.352 e. The largest absolute Gasteiger partial charge is 0.352 e. The molecule has 0 atom stereocenters. The molecular weight excluding hydrogens is 336 g/mol. The van der Waals surface area contributed by atoms with E-state index in [0.29, 0.717) is 17.8 Å². The van der Waals surface area contributed by atoms with E-state index in [1.165, 1.54) is 12.1 Å². The van der Waals surface area contributed by atoms with E-state index in [2.05, 4.69) is 10.0 Å². The first-order chi connectivity index (χ1) is 11.7. The first-order valence-electron chi connectivity index (χ1n) is 8.23. The second-order valence-corrected chi connectivity index (χ2v) is 7.84. The van der Waals surface area contributed by atoms with Crippen LogP contribution >= 0.6 is 0 Å². The Labute approximate surface area is 149 Å². The highest BCUT2D eigenvalue weighted by Gasteiger charge is 2.19. The van der Waals surface area contributed by atoms with Crippen LogP contribution in [0.5, 0.6) is 0 Å². The molecular formula is C19H24N2O3S. The molecule has 0 fully saturated rings. The maximum atomic E-state index is 12.7. The molecule has 0 aliphatic rings. The summed E-state index contributed by atoms with van der Waals surface area (Å²) in [6, 6.07) is 10.2.